The number of aromatic nitrogens is 4. The number of hydrogen-bond acceptors (Lipinski definition) is 3. The molecular weight excluding hydrogens is 377 g/mol. The Bertz CT molecular complexity index is 965. The number of benzene rings is 1. The van der Waals surface area contributed by atoms with Gasteiger partial charge in [-0.3, -0.25) is 0 Å². The van der Waals surface area contributed by atoms with Crippen molar-refractivity contribution >= 4 is 22.8 Å². The number of hydrogen-bond donors (Lipinski definition) is 0. The summed E-state index contributed by atoms with van der Waals surface area (Å²) in [5.41, 5.74) is 1.29. The van der Waals surface area contributed by atoms with E-state index < -0.39 is 11.7 Å². The van der Waals surface area contributed by atoms with E-state index >= 15 is 0 Å². The zero-order valence-electron chi connectivity index (χ0n) is 15.3. The van der Waals surface area contributed by atoms with Crippen LogP contribution in [0.1, 0.15) is 51.0 Å². The van der Waals surface area contributed by atoms with Gasteiger partial charge in [-0.2, -0.15) is 13.2 Å². The maximum Gasteiger partial charge on any atom is 0.416 e. The van der Waals surface area contributed by atoms with Crippen molar-refractivity contribution in [2.45, 2.75) is 52.3 Å². The molecule has 27 heavy (non-hydrogen) atoms. The second kappa shape index (κ2) is 7.46. The van der Waals surface area contributed by atoms with Crippen molar-refractivity contribution in [1.82, 2.24) is 19.5 Å². The smallest absolute Gasteiger partial charge is 0.310 e. The predicted octanol–water partition coefficient (Wildman–Crippen LogP) is 6.09. The van der Waals surface area contributed by atoms with Gasteiger partial charge in [-0.1, -0.05) is 37.9 Å². The standard InChI is InChI=1S/C19H20ClF3N4/c1-4-6-11(3)27-15(5-2)26-17-16(24-10-25-18(17)27)13-8-7-12(9-14(13)20)19(21,22)23/h7-11H,4-6H2,1-3H3. The van der Waals surface area contributed by atoms with Crippen molar-refractivity contribution in [3.63, 3.8) is 0 Å². The number of aryl methyl sites for hydroxylation is 1. The van der Waals surface area contributed by atoms with E-state index in [0.29, 0.717) is 28.8 Å². The fraction of sp³-hybridized carbons (Fsp3) is 0.421. The molecule has 0 aliphatic heterocycles. The third-order valence-electron chi connectivity index (χ3n) is 4.57. The van der Waals surface area contributed by atoms with Gasteiger partial charge in [0.25, 0.3) is 0 Å². The molecule has 8 heteroatoms. The van der Waals surface area contributed by atoms with Crippen LogP contribution in [0.2, 0.25) is 5.02 Å². The summed E-state index contributed by atoms with van der Waals surface area (Å²) in [4.78, 5) is 13.3. The average molecular weight is 397 g/mol. The highest BCUT2D eigenvalue weighted by Crippen LogP contribution is 2.37. The third kappa shape index (κ3) is 3.65. The Kier molecular flexibility index (Phi) is 5.42. The molecule has 1 unspecified atom stereocenters. The molecule has 0 saturated carbocycles. The van der Waals surface area contributed by atoms with Crippen molar-refractivity contribution in [3.05, 3.63) is 40.9 Å². The second-order valence-electron chi connectivity index (χ2n) is 6.48. The summed E-state index contributed by atoms with van der Waals surface area (Å²) in [5.74, 6) is 0.871. The SMILES string of the molecule is CCCC(C)n1c(CC)nc2c(-c3ccc(C(F)(F)F)cc3Cl)ncnc21. The van der Waals surface area contributed by atoms with Crippen LogP contribution in [0, 0.1) is 0 Å². The molecule has 0 fully saturated rings. The van der Waals surface area contributed by atoms with Gasteiger partial charge in [0.15, 0.2) is 5.65 Å². The van der Waals surface area contributed by atoms with E-state index in [-0.39, 0.29) is 11.1 Å². The molecular formula is C19H20ClF3N4. The number of alkyl halides is 3. The van der Waals surface area contributed by atoms with Gasteiger partial charge in [0.05, 0.1) is 10.6 Å². The molecule has 2 heterocycles. The highest BCUT2D eigenvalue weighted by atomic mass is 35.5. The van der Waals surface area contributed by atoms with E-state index in [0.717, 1.165) is 30.8 Å². The van der Waals surface area contributed by atoms with Gasteiger partial charge in [-0.05, 0) is 25.5 Å². The van der Waals surface area contributed by atoms with Gasteiger partial charge in [0.1, 0.15) is 23.4 Å². The van der Waals surface area contributed by atoms with Crippen molar-refractivity contribution in [3.8, 4) is 11.3 Å². The van der Waals surface area contributed by atoms with Gasteiger partial charge >= 0.3 is 6.18 Å². The highest BCUT2D eigenvalue weighted by molar-refractivity contribution is 6.33. The Morgan fingerprint density at radius 2 is 1.93 bits per heavy atom. The topological polar surface area (TPSA) is 43.6 Å². The van der Waals surface area contributed by atoms with Crippen LogP contribution in [0.4, 0.5) is 13.2 Å². The van der Waals surface area contributed by atoms with E-state index in [1.54, 1.807) is 0 Å². The molecule has 0 aliphatic rings. The Balaban J connectivity index is 2.19. The van der Waals surface area contributed by atoms with Crippen LogP contribution in [-0.2, 0) is 12.6 Å². The summed E-state index contributed by atoms with van der Waals surface area (Å²) in [7, 11) is 0. The molecule has 3 rings (SSSR count). The van der Waals surface area contributed by atoms with Gasteiger partial charge in [-0.25, -0.2) is 15.0 Å². The third-order valence-corrected chi connectivity index (χ3v) is 4.88. The molecule has 0 aliphatic carbocycles. The highest BCUT2D eigenvalue weighted by Gasteiger charge is 2.31. The quantitative estimate of drug-likeness (QED) is 0.524. The Hall–Kier alpha value is -2.15. The van der Waals surface area contributed by atoms with Crippen LogP contribution in [0.5, 0.6) is 0 Å². The van der Waals surface area contributed by atoms with Gasteiger partial charge < -0.3 is 4.57 Å². The molecule has 0 bridgehead atoms. The Labute approximate surface area is 160 Å². The zero-order valence-corrected chi connectivity index (χ0v) is 16.1. The lowest BCUT2D eigenvalue weighted by molar-refractivity contribution is -0.137. The molecule has 0 N–H and O–H groups in total. The minimum absolute atomic E-state index is 0.0148. The van der Waals surface area contributed by atoms with Crippen molar-refractivity contribution in [1.29, 1.82) is 0 Å². The van der Waals surface area contributed by atoms with Gasteiger partial charge in [0.2, 0.25) is 0 Å². The summed E-state index contributed by atoms with van der Waals surface area (Å²) >= 11 is 6.17. The van der Waals surface area contributed by atoms with Crippen LogP contribution < -0.4 is 0 Å². The Morgan fingerprint density at radius 3 is 2.52 bits per heavy atom. The zero-order chi connectivity index (χ0) is 19.8. The normalized spacial score (nSPS) is 13.3. The van der Waals surface area contributed by atoms with E-state index in [9.17, 15) is 13.2 Å². The fourth-order valence-electron chi connectivity index (χ4n) is 3.29. The summed E-state index contributed by atoms with van der Waals surface area (Å²) in [6.45, 7) is 6.23. The van der Waals surface area contributed by atoms with Crippen molar-refractivity contribution < 1.29 is 13.2 Å². The van der Waals surface area contributed by atoms with Crippen LogP contribution >= 0.6 is 11.6 Å². The molecule has 0 amide bonds. The minimum atomic E-state index is -4.45. The van der Waals surface area contributed by atoms with E-state index in [2.05, 4.69) is 33.4 Å². The van der Waals surface area contributed by atoms with Crippen molar-refractivity contribution in [2.75, 3.05) is 0 Å². The van der Waals surface area contributed by atoms with E-state index in [1.807, 2.05) is 6.92 Å². The Morgan fingerprint density at radius 1 is 1.19 bits per heavy atom. The van der Waals surface area contributed by atoms with Gasteiger partial charge in [0, 0.05) is 18.0 Å². The van der Waals surface area contributed by atoms with E-state index in [4.69, 9.17) is 11.6 Å². The number of rotatable bonds is 5. The van der Waals surface area contributed by atoms with Crippen LogP contribution in [0.15, 0.2) is 24.5 Å². The lowest BCUT2D eigenvalue weighted by Gasteiger charge is -2.15. The molecule has 4 nitrogen and oxygen atoms in total. The lowest BCUT2D eigenvalue weighted by Crippen LogP contribution is -2.09. The number of nitrogens with zero attached hydrogens (tertiary/aromatic N) is 4. The molecule has 1 atom stereocenters. The number of halogens is 4. The molecule has 0 saturated heterocycles. The summed E-state index contributed by atoms with van der Waals surface area (Å²) in [6, 6.07) is 3.47. The first kappa shape index (κ1) is 19.6. The summed E-state index contributed by atoms with van der Waals surface area (Å²) < 4.78 is 40.8. The van der Waals surface area contributed by atoms with Gasteiger partial charge in [-0.15, -0.1) is 0 Å². The molecule has 2 aromatic heterocycles. The molecule has 0 radical (unpaired) electrons. The largest absolute Gasteiger partial charge is 0.416 e. The number of imidazole rings is 1. The molecule has 0 spiro atoms. The molecule has 3 aromatic rings. The summed E-state index contributed by atoms with van der Waals surface area (Å²) in [6.07, 6.45) is -0.340. The average Bonchev–Trinajstić information content (AvgIpc) is 3.00. The first-order chi connectivity index (χ1) is 12.8. The molecule has 144 valence electrons. The maximum absolute atomic E-state index is 12.9. The molecule has 1 aromatic carbocycles. The first-order valence-electron chi connectivity index (χ1n) is 8.86. The fourth-order valence-corrected chi connectivity index (χ4v) is 3.56. The predicted molar refractivity (Wildman–Crippen MR) is 99.8 cm³/mol. The number of fused-ring (bicyclic) bond motifs is 1. The van der Waals surface area contributed by atoms with Crippen LogP contribution in [0.3, 0.4) is 0 Å². The van der Waals surface area contributed by atoms with Crippen molar-refractivity contribution in [2.24, 2.45) is 0 Å². The monoisotopic (exact) mass is 396 g/mol. The lowest BCUT2D eigenvalue weighted by atomic mass is 10.1. The van der Waals surface area contributed by atoms with Crippen LogP contribution in [-0.4, -0.2) is 19.5 Å². The second-order valence-corrected chi connectivity index (χ2v) is 6.88. The minimum Gasteiger partial charge on any atom is -0.310 e. The van der Waals surface area contributed by atoms with E-state index in [1.165, 1.54) is 12.4 Å². The first-order valence-corrected chi connectivity index (χ1v) is 9.24. The van der Waals surface area contributed by atoms with Crippen LogP contribution in [0.25, 0.3) is 22.4 Å². The maximum atomic E-state index is 12.9. The summed E-state index contributed by atoms with van der Waals surface area (Å²) in [5, 5.41) is -0.0148.